The molecule has 29 heavy (non-hydrogen) atoms. The van der Waals surface area contributed by atoms with Crippen LogP contribution in [0.3, 0.4) is 0 Å². The second-order valence-electron chi connectivity index (χ2n) is 7.57. The normalized spacial score (nSPS) is 22.4. The summed E-state index contributed by atoms with van der Waals surface area (Å²) in [6.45, 7) is 4.40. The molecule has 0 unspecified atom stereocenters. The fraction of sp³-hybridized carbons (Fsp3) is 0.571. The van der Waals surface area contributed by atoms with Gasteiger partial charge in [-0.25, -0.2) is 0 Å². The molecule has 8 nitrogen and oxygen atoms in total. The van der Waals surface area contributed by atoms with Gasteiger partial charge in [0.05, 0.1) is 13.0 Å². The minimum absolute atomic E-state index is 0.00133. The molecule has 1 aliphatic carbocycles. The van der Waals surface area contributed by atoms with Gasteiger partial charge in [-0.05, 0) is 37.0 Å². The lowest BCUT2D eigenvalue weighted by atomic mass is 10.1. The molecule has 0 radical (unpaired) electrons. The number of amides is 2. The van der Waals surface area contributed by atoms with Crippen molar-refractivity contribution in [2.75, 3.05) is 39.6 Å². The van der Waals surface area contributed by atoms with Crippen molar-refractivity contribution in [1.29, 1.82) is 0 Å². The van der Waals surface area contributed by atoms with Crippen molar-refractivity contribution in [2.24, 2.45) is 5.92 Å². The van der Waals surface area contributed by atoms with E-state index in [1.54, 1.807) is 11.8 Å². The Morgan fingerprint density at radius 1 is 1.03 bits per heavy atom. The molecule has 0 N–H and O–H groups in total. The van der Waals surface area contributed by atoms with Crippen molar-refractivity contribution in [3.8, 4) is 11.5 Å². The Kier molecular flexibility index (Phi) is 5.60. The number of hydrogen-bond acceptors (Lipinski definition) is 6. The topological polar surface area (TPSA) is 85.4 Å². The summed E-state index contributed by atoms with van der Waals surface area (Å²) in [5, 5.41) is 0. The Morgan fingerprint density at radius 3 is 2.52 bits per heavy atom. The van der Waals surface area contributed by atoms with E-state index in [0.29, 0.717) is 32.8 Å². The van der Waals surface area contributed by atoms with Crippen LogP contribution in [0.5, 0.6) is 11.5 Å². The van der Waals surface area contributed by atoms with Crippen LogP contribution in [-0.2, 0) is 19.1 Å². The predicted molar refractivity (Wildman–Crippen MR) is 102 cm³/mol. The highest BCUT2D eigenvalue weighted by molar-refractivity contribution is 5.84. The van der Waals surface area contributed by atoms with Gasteiger partial charge in [-0.1, -0.05) is 6.07 Å². The van der Waals surface area contributed by atoms with Gasteiger partial charge in [0, 0.05) is 38.5 Å². The van der Waals surface area contributed by atoms with Gasteiger partial charge in [0.1, 0.15) is 0 Å². The van der Waals surface area contributed by atoms with Crippen LogP contribution in [0.2, 0.25) is 0 Å². The largest absolute Gasteiger partial charge is 0.466 e. The zero-order valence-corrected chi connectivity index (χ0v) is 16.6. The van der Waals surface area contributed by atoms with Crippen LogP contribution in [0, 0.1) is 5.92 Å². The van der Waals surface area contributed by atoms with Gasteiger partial charge >= 0.3 is 5.97 Å². The van der Waals surface area contributed by atoms with Crippen LogP contribution in [0.25, 0.3) is 0 Å². The number of piperazine rings is 1. The number of rotatable bonds is 6. The molecule has 2 aliphatic heterocycles. The number of carbonyl (C=O) groups excluding carboxylic acids is 3. The molecule has 8 heteroatoms. The van der Waals surface area contributed by atoms with Crippen LogP contribution in [0.15, 0.2) is 18.2 Å². The standard InChI is InChI=1S/C21H26N2O6/c1-2-27-20(25)6-5-19(24)22-7-9-23(10-8-22)21(26)16-12-15(16)14-3-4-17-18(11-14)29-13-28-17/h3-4,11,15-16H,2,5-10,12-13H2,1H3/t15-,16+/m1/s1. The molecular weight excluding hydrogens is 376 g/mol. The van der Waals surface area contributed by atoms with E-state index in [1.165, 1.54) is 0 Å². The van der Waals surface area contributed by atoms with Crippen molar-refractivity contribution in [1.82, 2.24) is 9.80 Å². The maximum Gasteiger partial charge on any atom is 0.306 e. The lowest BCUT2D eigenvalue weighted by Gasteiger charge is -2.35. The quantitative estimate of drug-likeness (QED) is 0.671. The Bertz CT molecular complexity index is 802. The molecule has 2 atom stereocenters. The van der Waals surface area contributed by atoms with Gasteiger partial charge in [0.25, 0.3) is 0 Å². The number of nitrogens with zero attached hydrogens (tertiary/aromatic N) is 2. The number of hydrogen-bond donors (Lipinski definition) is 0. The monoisotopic (exact) mass is 402 g/mol. The number of fused-ring (bicyclic) bond motifs is 1. The van der Waals surface area contributed by atoms with E-state index < -0.39 is 0 Å². The molecule has 0 aromatic heterocycles. The first-order chi connectivity index (χ1) is 14.1. The third-order valence-electron chi connectivity index (χ3n) is 5.72. The minimum Gasteiger partial charge on any atom is -0.466 e. The summed E-state index contributed by atoms with van der Waals surface area (Å²) in [6, 6.07) is 5.88. The van der Waals surface area contributed by atoms with Crippen molar-refractivity contribution in [2.45, 2.75) is 32.1 Å². The highest BCUT2D eigenvalue weighted by Crippen LogP contribution is 2.50. The lowest BCUT2D eigenvalue weighted by molar-refractivity contribution is -0.146. The van der Waals surface area contributed by atoms with Crippen LogP contribution in [0.4, 0.5) is 0 Å². The summed E-state index contributed by atoms with van der Waals surface area (Å²) >= 11 is 0. The Morgan fingerprint density at radius 2 is 1.76 bits per heavy atom. The molecule has 0 bridgehead atoms. The highest BCUT2D eigenvalue weighted by Gasteiger charge is 2.46. The van der Waals surface area contributed by atoms with Gasteiger partial charge in [-0.2, -0.15) is 0 Å². The van der Waals surface area contributed by atoms with E-state index in [4.69, 9.17) is 14.2 Å². The summed E-state index contributed by atoms with van der Waals surface area (Å²) in [6.07, 6.45) is 1.10. The van der Waals surface area contributed by atoms with Gasteiger partial charge in [0.2, 0.25) is 18.6 Å². The second-order valence-corrected chi connectivity index (χ2v) is 7.57. The van der Waals surface area contributed by atoms with E-state index in [1.807, 2.05) is 23.1 Å². The fourth-order valence-corrected chi connectivity index (χ4v) is 3.99. The number of carbonyl (C=O) groups is 3. The number of ether oxygens (including phenoxy) is 3. The molecule has 1 aromatic carbocycles. The Balaban J connectivity index is 1.24. The Labute approximate surface area is 169 Å². The summed E-state index contributed by atoms with van der Waals surface area (Å²) in [7, 11) is 0. The van der Waals surface area contributed by atoms with E-state index in [0.717, 1.165) is 23.5 Å². The van der Waals surface area contributed by atoms with E-state index in [-0.39, 0.29) is 49.3 Å². The lowest BCUT2D eigenvalue weighted by Crippen LogP contribution is -2.51. The van der Waals surface area contributed by atoms with Crippen LogP contribution >= 0.6 is 0 Å². The summed E-state index contributed by atoms with van der Waals surface area (Å²) in [4.78, 5) is 40.1. The maximum atomic E-state index is 12.8. The SMILES string of the molecule is CCOC(=O)CCC(=O)N1CCN(C(=O)[C@H]2C[C@@H]2c2ccc3c(c2)OCO3)CC1. The average molecular weight is 402 g/mol. The molecular formula is C21H26N2O6. The second kappa shape index (κ2) is 8.31. The molecule has 1 saturated carbocycles. The third-order valence-corrected chi connectivity index (χ3v) is 5.72. The predicted octanol–water partition coefficient (Wildman–Crippen LogP) is 1.53. The fourth-order valence-electron chi connectivity index (χ4n) is 3.99. The zero-order valence-electron chi connectivity index (χ0n) is 16.6. The van der Waals surface area contributed by atoms with E-state index in [2.05, 4.69) is 0 Å². The van der Waals surface area contributed by atoms with Gasteiger partial charge in [-0.15, -0.1) is 0 Å². The van der Waals surface area contributed by atoms with Crippen molar-refractivity contribution >= 4 is 17.8 Å². The maximum absolute atomic E-state index is 12.8. The highest BCUT2D eigenvalue weighted by atomic mass is 16.7. The zero-order chi connectivity index (χ0) is 20.4. The summed E-state index contributed by atoms with van der Waals surface area (Å²) in [5.74, 6) is 1.47. The third kappa shape index (κ3) is 4.31. The number of benzene rings is 1. The van der Waals surface area contributed by atoms with E-state index in [9.17, 15) is 14.4 Å². The summed E-state index contributed by atoms with van der Waals surface area (Å²) in [5.41, 5.74) is 1.11. The molecule has 0 spiro atoms. The first kappa shape index (κ1) is 19.5. The molecule has 3 aliphatic rings. The molecule has 2 fully saturated rings. The molecule has 4 rings (SSSR count). The average Bonchev–Trinajstić information content (AvgIpc) is 3.40. The van der Waals surface area contributed by atoms with Crippen LogP contribution in [0.1, 0.15) is 37.7 Å². The first-order valence-electron chi connectivity index (χ1n) is 10.2. The van der Waals surface area contributed by atoms with Crippen molar-refractivity contribution in [3.63, 3.8) is 0 Å². The first-order valence-corrected chi connectivity index (χ1v) is 10.2. The van der Waals surface area contributed by atoms with Crippen molar-refractivity contribution in [3.05, 3.63) is 23.8 Å². The smallest absolute Gasteiger partial charge is 0.306 e. The number of esters is 1. The summed E-state index contributed by atoms with van der Waals surface area (Å²) < 4.78 is 15.6. The molecule has 2 heterocycles. The molecule has 156 valence electrons. The van der Waals surface area contributed by atoms with Crippen LogP contribution in [-0.4, -0.2) is 67.2 Å². The van der Waals surface area contributed by atoms with Crippen molar-refractivity contribution < 1.29 is 28.6 Å². The van der Waals surface area contributed by atoms with Crippen LogP contribution < -0.4 is 9.47 Å². The molecule has 1 aromatic rings. The molecule has 2 amide bonds. The minimum atomic E-state index is -0.349. The van der Waals surface area contributed by atoms with Gasteiger partial charge in [-0.3, -0.25) is 14.4 Å². The van der Waals surface area contributed by atoms with E-state index >= 15 is 0 Å². The van der Waals surface area contributed by atoms with Gasteiger partial charge < -0.3 is 24.0 Å². The molecule has 1 saturated heterocycles. The van der Waals surface area contributed by atoms with Gasteiger partial charge in [0.15, 0.2) is 11.5 Å². The Hall–Kier alpha value is -2.77.